The number of anilines is 1. The van der Waals surface area contributed by atoms with Gasteiger partial charge in [-0.3, -0.25) is 4.79 Å². The number of aromatic hydroxyl groups is 1. The van der Waals surface area contributed by atoms with Gasteiger partial charge in [0.15, 0.2) is 0 Å². The third kappa shape index (κ3) is 2.97. The minimum Gasteiger partial charge on any atom is -0.508 e. The Morgan fingerprint density at radius 3 is 2.63 bits per heavy atom. The van der Waals surface area contributed by atoms with Crippen LogP contribution in [0.3, 0.4) is 0 Å². The lowest BCUT2D eigenvalue weighted by atomic mass is 10.1. The number of carbonyl (C=O) groups is 1. The maximum Gasteiger partial charge on any atom is 0.243 e. The standard InChI is InChI=1S/C14H16N2O2.ClH/c1-9(15)14(18)16(2)13-5-3-4-10-6-7-11(17)8-12(10)13;/h3-9,17H,15H2,1-2H3;1H/t9-;/m1./s1. The van der Waals surface area contributed by atoms with Crippen molar-refractivity contribution < 1.29 is 9.90 Å². The number of fused-ring (bicyclic) bond motifs is 1. The molecule has 0 bridgehead atoms. The van der Waals surface area contributed by atoms with Crippen molar-refractivity contribution >= 4 is 34.8 Å². The van der Waals surface area contributed by atoms with Gasteiger partial charge in [-0.1, -0.05) is 18.2 Å². The molecule has 0 spiro atoms. The highest BCUT2D eigenvalue weighted by Gasteiger charge is 2.16. The number of phenols is 1. The number of phenolic OH excluding ortho intramolecular Hbond substituents is 1. The molecule has 0 saturated heterocycles. The van der Waals surface area contributed by atoms with E-state index in [4.69, 9.17) is 5.73 Å². The molecule has 5 heteroatoms. The summed E-state index contributed by atoms with van der Waals surface area (Å²) in [5, 5.41) is 11.4. The number of hydrogen-bond acceptors (Lipinski definition) is 3. The first-order valence-electron chi connectivity index (χ1n) is 5.75. The van der Waals surface area contributed by atoms with Gasteiger partial charge < -0.3 is 15.7 Å². The molecule has 0 aromatic heterocycles. The fraction of sp³-hybridized carbons (Fsp3) is 0.214. The van der Waals surface area contributed by atoms with Gasteiger partial charge in [0.25, 0.3) is 0 Å². The molecule has 2 rings (SSSR count). The van der Waals surface area contributed by atoms with Crippen molar-refractivity contribution in [1.29, 1.82) is 0 Å². The molecular weight excluding hydrogens is 264 g/mol. The lowest BCUT2D eigenvalue weighted by Gasteiger charge is -2.21. The molecule has 102 valence electrons. The number of carbonyl (C=O) groups excluding carboxylic acids is 1. The zero-order chi connectivity index (χ0) is 13.3. The highest BCUT2D eigenvalue weighted by molar-refractivity contribution is 6.05. The summed E-state index contributed by atoms with van der Waals surface area (Å²) in [5.41, 5.74) is 6.35. The summed E-state index contributed by atoms with van der Waals surface area (Å²) in [6.45, 7) is 1.65. The summed E-state index contributed by atoms with van der Waals surface area (Å²) in [6.07, 6.45) is 0. The Bertz CT molecular complexity index is 599. The van der Waals surface area contributed by atoms with Crippen molar-refractivity contribution in [2.24, 2.45) is 5.73 Å². The number of nitrogens with two attached hydrogens (primary N) is 1. The second-order valence-electron chi connectivity index (χ2n) is 4.37. The largest absolute Gasteiger partial charge is 0.508 e. The Morgan fingerprint density at radius 1 is 1.32 bits per heavy atom. The molecule has 1 amide bonds. The maximum atomic E-state index is 11.9. The van der Waals surface area contributed by atoms with E-state index < -0.39 is 6.04 Å². The Kier molecular flexibility index (Phi) is 4.75. The number of benzene rings is 2. The summed E-state index contributed by atoms with van der Waals surface area (Å²) < 4.78 is 0. The zero-order valence-electron chi connectivity index (χ0n) is 10.8. The van der Waals surface area contributed by atoms with Crippen LogP contribution >= 0.6 is 12.4 Å². The average Bonchev–Trinajstić information content (AvgIpc) is 2.36. The predicted molar refractivity (Wildman–Crippen MR) is 79.9 cm³/mol. The second-order valence-corrected chi connectivity index (χ2v) is 4.37. The number of rotatable bonds is 2. The van der Waals surface area contributed by atoms with E-state index in [0.29, 0.717) is 0 Å². The van der Waals surface area contributed by atoms with Crippen LogP contribution in [-0.2, 0) is 4.79 Å². The topological polar surface area (TPSA) is 66.6 Å². The minimum atomic E-state index is -0.553. The summed E-state index contributed by atoms with van der Waals surface area (Å²) in [4.78, 5) is 13.4. The van der Waals surface area contributed by atoms with Gasteiger partial charge in [0.1, 0.15) is 5.75 Å². The van der Waals surface area contributed by atoms with Crippen molar-refractivity contribution in [3.05, 3.63) is 36.4 Å². The van der Waals surface area contributed by atoms with Gasteiger partial charge in [-0.05, 0) is 30.5 Å². The quantitative estimate of drug-likeness (QED) is 0.887. The summed E-state index contributed by atoms with van der Waals surface area (Å²) in [5.74, 6) is 0.0161. The fourth-order valence-corrected chi connectivity index (χ4v) is 1.96. The molecule has 19 heavy (non-hydrogen) atoms. The van der Waals surface area contributed by atoms with Crippen LogP contribution in [0.2, 0.25) is 0 Å². The molecule has 0 aliphatic heterocycles. The van der Waals surface area contributed by atoms with Crippen molar-refractivity contribution in [3.63, 3.8) is 0 Å². The van der Waals surface area contributed by atoms with Gasteiger partial charge in [-0.25, -0.2) is 0 Å². The highest BCUT2D eigenvalue weighted by atomic mass is 35.5. The first-order valence-corrected chi connectivity index (χ1v) is 5.75. The lowest BCUT2D eigenvalue weighted by molar-refractivity contribution is -0.119. The van der Waals surface area contributed by atoms with Gasteiger partial charge in [-0.15, -0.1) is 12.4 Å². The van der Waals surface area contributed by atoms with Gasteiger partial charge in [0, 0.05) is 12.4 Å². The first kappa shape index (κ1) is 15.3. The van der Waals surface area contributed by atoms with Crippen molar-refractivity contribution in [1.82, 2.24) is 0 Å². The van der Waals surface area contributed by atoms with E-state index >= 15 is 0 Å². The molecule has 0 aliphatic rings. The predicted octanol–water partition coefficient (Wildman–Crippen LogP) is 2.28. The zero-order valence-corrected chi connectivity index (χ0v) is 11.6. The van der Waals surface area contributed by atoms with Crippen LogP contribution in [0.15, 0.2) is 36.4 Å². The molecule has 3 N–H and O–H groups in total. The third-order valence-electron chi connectivity index (χ3n) is 2.92. The van der Waals surface area contributed by atoms with E-state index in [2.05, 4.69) is 0 Å². The van der Waals surface area contributed by atoms with Crippen LogP contribution in [0.5, 0.6) is 5.75 Å². The fourth-order valence-electron chi connectivity index (χ4n) is 1.96. The number of nitrogens with zero attached hydrogens (tertiary/aromatic N) is 1. The Balaban J connectivity index is 0.00000180. The minimum absolute atomic E-state index is 0. The smallest absolute Gasteiger partial charge is 0.243 e. The molecular formula is C14H17ClN2O2. The molecule has 4 nitrogen and oxygen atoms in total. The molecule has 0 radical (unpaired) electrons. The van der Waals surface area contributed by atoms with Crippen LogP contribution in [0.1, 0.15) is 6.92 Å². The van der Waals surface area contributed by atoms with Crippen LogP contribution in [0, 0.1) is 0 Å². The van der Waals surface area contributed by atoms with Crippen LogP contribution < -0.4 is 10.6 Å². The Labute approximate surface area is 118 Å². The van der Waals surface area contributed by atoms with Crippen molar-refractivity contribution in [2.75, 3.05) is 11.9 Å². The molecule has 2 aromatic carbocycles. The van der Waals surface area contributed by atoms with E-state index in [0.717, 1.165) is 16.5 Å². The molecule has 0 aliphatic carbocycles. The molecule has 0 unspecified atom stereocenters. The van der Waals surface area contributed by atoms with E-state index in [9.17, 15) is 9.90 Å². The van der Waals surface area contributed by atoms with E-state index in [1.54, 1.807) is 26.1 Å². The van der Waals surface area contributed by atoms with Crippen LogP contribution in [-0.4, -0.2) is 24.1 Å². The second kappa shape index (κ2) is 5.91. The number of halogens is 1. The molecule has 0 fully saturated rings. The molecule has 1 atom stereocenters. The van der Waals surface area contributed by atoms with Crippen molar-refractivity contribution in [2.45, 2.75) is 13.0 Å². The van der Waals surface area contributed by atoms with Gasteiger partial charge >= 0.3 is 0 Å². The average molecular weight is 281 g/mol. The normalized spacial score (nSPS) is 11.7. The SMILES string of the molecule is C[C@@H](N)C(=O)N(C)c1cccc2ccc(O)cc12.Cl. The van der Waals surface area contributed by atoms with E-state index in [1.165, 1.54) is 4.90 Å². The van der Waals surface area contributed by atoms with Crippen molar-refractivity contribution in [3.8, 4) is 5.75 Å². The number of hydrogen-bond donors (Lipinski definition) is 2. The monoisotopic (exact) mass is 280 g/mol. The summed E-state index contributed by atoms with van der Waals surface area (Å²) >= 11 is 0. The maximum absolute atomic E-state index is 11.9. The first-order chi connectivity index (χ1) is 8.50. The van der Waals surface area contributed by atoms with E-state index in [1.807, 2.05) is 24.3 Å². The number of amides is 1. The van der Waals surface area contributed by atoms with Crippen LogP contribution in [0.25, 0.3) is 10.8 Å². The lowest BCUT2D eigenvalue weighted by Crippen LogP contribution is -2.39. The Morgan fingerprint density at radius 2 is 2.00 bits per heavy atom. The summed E-state index contributed by atoms with van der Waals surface area (Å²) in [6, 6.07) is 10.2. The number of likely N-dealkylation sites (N-methyl/N-ethyl adjacent to an activating group) is 1. The van der Waals surface area contributed by atoms with Gasteiger partial charge in [0.05, 0.1) is 11.7 Å². The third-order valence-corrected chi connectivity index (χ3v) is 2.92. The highest BCUT2D eigenvalue weighted by Crippen LogP contribution is 2.29. The molecule has 0 heterocycles. The summed E-state index contributed by atoms with van der Waals surface area (Å²) in [7, 11) is 1.69. The molecule has 0 saturated carbocycles. The van der Waals surface area contributed by atoms with Gasteiger partial charge in [-0.2, -0.15) is 0 Å². The van der Waals surface area contributed by atoms with Gasteiger partial charge in [0.2, 0.25) is 5.91 Å². The molecule has 2 aromatic rings. The van der Waals surface area contributed by atoms with E-state index in [-0.39, 0.29) is 24.1 Å². The van der Waals surface area contributed by atoms with Crippen LogP contribution in [0.4, 0.5) is 5.69 Å². The Hall–Kier alpha value is -1.78.